The van der Waals surface area contributed by atoms with Gasteiger partial charge in [0.25, 0.3) is 0 Å². The largest absolute Gasteiger partial charge is 0.354 e. The van der Waals surface area contributed by atoms with Crippen molar-refractivity contribution in [3.63, 3.8) is 0 Å². The van der Waals surface area contributed by atoms with Crippen LogP contribution in [0.5, 0.6) is 0 Å². The molecule has 0 bridgehead atoms. The lowest BCUT2D eigenvalue weighted by atomic mass is 10.2. The van der Waals surface area contributed by atoms with Gasteiger partial charge in [0.15, 0.2) is 0 Å². The van der Waals surface area contributed by atoms with Crippen LogP contribution in [-0.2, 0) is 6.54 Å². The van der Waals surface area contributed by atoms with E-state index in [9.17, 15) is 8.78 Å². The number of hydrogen-bond acceptors (Lipinski definition) is 5. The van der Waals surface area contributed by atoms with Crippen LogP contribution in [0.15, 0.2) is 54.6 Å². The Hall–Kier alpha value is -3.06. The molecule has 1 fully saturated rings. The number of aromatic nitrogens is 2. The fraction of sp³-hybridized carbons (Fsp3) is 0.273. The van der Waals surface area contributed by atoms with Gasteiger partial charge in [-0.2, -0.15) is 0 Å². The molecular formula is C22H23F2N5. The second-order valence-electron chi connectivity index (χ2n) is 7.16. The van der Waals surface area contributed by atoms with Crippen LogP contribution in [-0.4, -0.2) is 41.0 Å². The molecule has 1 N–H and O–H groups in total. The van der Waals surface area contributed by atoms with Crippen LogP contribution in [0, 0.1) is 18.6 Å². The first-order chi connectivity index (χ1) is 14.1. The maximum atomic E-state index is 14.0. The number of anilines is 3. The Balaban J connectivity index is 1.43. The summed E-state index contributed by atoms with van der Waals surface area (Å²) >= 11 is 0. The zero-order valence-corrected chi connectivity index (χ0v) is 16.3. The summed E-state index contributed by atoms with van der Waals surface area (Å²) in [5.41, 5.74) is 1.50. The topological polar surface area (TPSA) is 44.3 Å². The summed E-state index contributed by atoms with van der Waals surface area (Å²) in [6.07, 6.45) is 0. The highest BCUT2D eigenvalue weighted by Crippen LogP contribution is 2.23. The molecule has 29 heavy (non-hydrogen) atoms. The number of nitrogens with one attached hydrogen (secondary N) is 1. The summed E-state index contributed by atoms with van der Waals surface area (Å²) in [5, 5.41) is 2.93. The van der Waals surface area contributed by atoms with E-state index < -0.39 is 11.6 Å². The molecule has 1 saturated heterocycles. The fourth-order valence-electron chi connectivity index (χ4n) is 3.48. The lowest BCUT2D eigenvalue weighted by Crippen LogP contribution is -2.46. The molecule has 2 aromatic carbocycles. The first-order valence-corrected chi connectivity index (χ1v) is 9.66. The van der Waals surface area contributed by atoms with Gasteiger partial charge < -0.3 is 10.2 Å². The molecule has 0 unspecified atom stereocenters. The van der Waals surface area contributed by atoms with Gasteiger partial charge in [0, 0.05) is 44.9 Å². The Kier molecular flexibility index (Phi) is 5.67. The molecule has 0 aliphatic carbocycles. The molecule has 0 saturated carbocycles. The van der Waals surface area contributed by atoms with Gasteiger partial charge in [0.2, 0.25) is 0 Å². The second-order valence-corrected chi connectivity index (χ2v) is 7.16. The number of hydrogen-bond donors (Lipinski definition) is 1. The molecule has 150 valence electrons. The smallest absolute Gasteiger partial charge is 0.149 e. The molecule has 0 atom stereocenters. The Bertz CT molecular complexity index is 972. The van der Waals surface area contributed by atoms with Crippen molar-refractivity contribution in [2.45, 2.75) is 13.5 Å². The summed E-state index contributed by atoms with van der Waals surface area (Å²) in [6, 6.07) is 15.7. The number of rotatable bonds is 5. The number of benzene rings is 2. The van der Waals surface area contributed by atoms with E-state index in [0.717, 1.165) is 44.6 Å². The van der Waals surface area contributed by atoms with E-state index in [2.05, 4.69) is 49.4 Å². The zero-order valence-electron chi connectivity index (χ0n) is 16.3. The Labute approximate surface area is 169 Å². The van der Waals surface area contributed by atoms with Crippen molar-refractivity contribution in [1.29, 1.82) is 0 Å². The van der Waals surface area contributed by atoms with Crippen LogP contribution in [0.1, 0.15) is 11.4 Å². The van der Waals surface area contributed by atoms with Crippen molar-refractivity contribution in [3.8, 4) is 0 Å². The molecule has 7 heteroatoms. The Morgan fingerprint density at radius 3 is 2.41 bits per heavy atom. The van der Waals surface area contributed by atoms with Crippen molar-refractivity contribution < 1.29 is 8.78 Å². The quantitative estimate of drug-likeness (QED) is 0.704. The Morgan fingerprint density at radius 1 is 0.931 bits per heavy atom. The van der Waals surface area contributed by atoms with E-state index in [1.165, 1.54) is 17.7 Å². The third-order valence-corrected chi connectivity index (χ3v) is 4.96. The molecule has 1 aromatic heterocycles. The zero-order chi connectivity index (χ0) is 20.2. The minimum Gasteiger partial charge on any atom is -0.354 e. The summed E-state index contributed by atoms with van der Waals surface area (Å²) in [4.78, 5) is 13.5. The molecule has 0 radical (unpaired) electrons. The molecule has 0 amide bonds. The van der Waals surface area contributed by atoms with Crippen molar-refractivity contribution in [2.75, 3.05) is 36.4 Å². The average molecular weight is 395 g/mol. The van der Waals surface area contributed by atoms with E-state index >= 15 is 0 Å². The van der Waals surface area contributed by atoms with Gasteiger partial charge in [-0.15, -0.1) is 0 Å². The third kappa shape index (κ3) is 4.86. The van der Waals surface area contributed by atoms with E-state index in [0.29, 0.717) is 11.6 Å². The highest BCUT2D eigenvalue weighted by atomic mass is 19.1. The summed E-state index contributed by atoms with van der Waals surface area (Å²) in [5.74, 6) is 0.629. The molecule has 3 aromatic rings. The van der Waals surface area contributed by atoms with Gasteiger partial charge in [0.05, 0.1) is 5.69 Å². The van der Waals surface area contributed by atoms with Gasteiger partial charge in [-0.25, -0.2) is 18.7 Å². The molecule has 5 nitrogen and oxygen atoms in total. The SMILES string of the molecule is Cc1nc(Nc2ccc(F)cc2F)cc(N2CCN(Cc3ccccc3)CC2)n1. The predicted molar refractivity (Wildman–Crippen MR) is 110 cm³/mol. The van der Waals surface area contributed by atoms with Crippen molar-refractivity contribution in [2.24, 2.45) is 0 Å². The number of halogens is 2. The van der Waals surface area contributed by atoms with E-state index in [1.54, 1.807) is 6.92 Å². The second kappa shape index (κ2) is 8.53. The van der Waals surface area contributed by atoms with Crippen LogP contribution in [0.3, 0.4) is 0 Å². The standard InChI is InChI=1S/C22H23F2N5/c1-16-25-21(27-20-8-7-18(23)13-19(20)24)14-22(26-16)29-11-9-28(10-12-29)15-17-5-3-2-4-6-17/h2-8,13-14H,9-12,15H2,1H3,(H,25,26,27). The minimum atomic E-state index is -0.655. The predicted octanol–water partition coefficient (Wildman–Crippen LogP) is 4.13. The molecule has 0 spiro atoms. The first kappa shape index (κ1) is 19.3. The van der Waals surface area contributed by atoms with Gasteiger partial charge in [-0.1, -0.05) is 30.3 Å². The lowest BCUT2D eigenvalue weighted by molar-refractivity contribution is 0.249. The first-order valence-electron chi connectivity index (χ1n) is 9.66. The fourth-order valence-corrected chi connectivity index (χ4v) is 3.48. The van der Waals surface area contributed by atoms with Crippen molar-refractivity contribution in [3.05, 3.63) is 77.6 Å². The third-order valence-electron chi connectivity index (χ3n) is 4.96. The number of aryl methyl sites for hydroxylation is 1. The van der Waals surface area contributed by atoms with Crippen molar-refractivity contribution in [1.82, 2.24) is 14.9 Å². The van der Waals surface area contributed by atoms with Crippen molar-refractivity contribution >= 4 is 17.3 Å². The highest BCUT2D eigenvalue weighted by molar-refractivity contribution is 5.60. The normalized spacial score (nSPS) is 14.8. The summed E-state index contributed by atoms with van der Waals surface area (Å²) in [6.45, 7) is 6.33. The maximum Gasteiger partial charge on any atom is 0.149 e. The summed E-state index contributed by atoms with van der Waals surface area (Å²) in [7, 11) is 0. The van der Waals surface area contributed by atoms with Crippen LogP contribution >= 0.6 is 0 Å². The van der Waals surface area contributed by atoms with Gasteiger partial charge in [-0.3, -0.25) is 4.90 Å². The number of piperazine rings is 1. The van der Waals surface area contributed by atoms with Gasteiger partial charge >= 0.3 is 0 Å². The average Bonchev–Trinajstić information content (AvgIpc) is 2.71. The van der Waals surface area contributed by atoms with Gasteiger partial charge in [-0.05, 0) is 24.6 Å². The monoisotopic (exact) mass is 395 g/mol. The van der Waals surface area contributed by atoms with Crippen LogP contribution < -0.4 is 10.2 Å². The van der Waals surface area contributed by atoms with E-state index in [4.69, 9.17) is 0 Å². The maximum absolute atomic E-state index is 14.0. The number of nitrogens with zero attached hydrogens (tertiary/aromatic N) is 4. The summed E-state index contributed by atoms with van der Waals surface area (Å²) < 4.78 is 27.1. The lowest BCUT2D eigenvalue weighted by Gasteiger charge is -2.35. The highest BCUT2D eigenvalue weighted by Gasteiger charge is 2.19. The molecular weight excluding hydrogens is 372 g/mol. The minimum absolute atomic E-state index is 0.183. The molecule has 4 rings (SSSR count). The molecule has 1 aliphatic heterocycles. The van der Waals surface area contributed by atoms with E-state index in [1.807, 2.05) is 12.1 Å². The van der Waals surface area contributed by atoms with Crippen LogP contribution in [0.25, 0.3) is 0 Å². The Morgan fingerprint density at radius 2 is 1.69 bits per heavy atom. The molecule has 1 aliphatic rings. The molecule has 2 heterocycles. The van der Waals surface area contributed by atoms with Crippen LogP contribution in [0.2, 0.25) is 0 Å². The van der Waals surface area contributed by atoms with Gasteiger partial charge in [0.1, 0.15) is 29.1 Å². The van der Waals surface area contributed by atoms with Crippen LogP contribution in [0.4, 0.5) is 26.1 Å². The van der Waals surface area contributed by atoms with E-state index in [-0.39, 0.29) is 5.69 Å².